The molecule has 6 nitrogen and oxygen atoms in total. The molecule has 1 aliphatic heterocycles. The number of nitrogens with zero attached hydrogens (tertiary/aromatic N) is 2. The van der Waals surface area contributed by atoms with E-state index in [0.29, 0.717) is 5.56 Å². The van der Waals surface area contributed by atoms with Gasteiger partial charge in [-0.2, -0.15) is 8.78 Å². The molecule has 0 unspecified atom stereocenters. The number of piperazine rings is 1. The second-order valence-electron chi connectivity index (χ2n) is 7.87. The predicted octanol–water partition coefficient (Wildman–Crippen LogP) is 3.61. The molecule has 1 atom stereocenters. The van der Waals surface area contributed by atoms with Crippen molar-refractivity contribution in [3.05, 3.63) is 52.6 Å². The number of carbonyl (C=O) groups is 1. The molecule has 0 aromatic heterocycles. The number of alkyl halides is 2. The number of primary amides is 1. The summed E-state index contributed by atoms with van der Waals surface area (Å²) < 4.78 is 35.1. The summed E-state index contributed by atoms with van der Waals surface area (Å²) >= 11 is 0. The molecule has 0 spiro atoms. The minimum atomic E-state index is -2.93. The van der Waals surface area contributed by atoms with Gasteiger partial charge in [0.25, 0.3) is 0 Å². The molecule has 0 saturated carbocycles. The summed E-state index contributed by atoms with van der Waals surface area (Å²) in [4.78, 5) is 16.7. The Morgan fingerprint density at radius 2 is 1.77 bits per heavy atom. The van der Waals surface area contributed by atoms with E-state index in [1.165, 1.54) is 13.2 Å². The molecule has 3 rings (SSSR count). The van der Waals surface area contributed by atoms with Crippen molar-refractivity contribution in [3.63, 3.8) is 0 Å². The van der Waals surface area contributed by atoms with Crippen LogP contribution >= 0.6 is 0 Å². The van der Waals surface area contributed by atoms with Crippen molar-refractivity contribution in [1.82, 2.24) is 4.90 Å². The molecule has 0 radical (unpaired) electrons. The Labute approximate surface area is 181 Å². The first-order valence-electron chi connectivity index (χ1n) is 10.2. The van der Waals surface area contributed by atoms with Gasteiger partial charge in [-0.05, 0) is 54.9 Å². The Morgan fingerprint density at radius 3 is 2.35 bits per heavy atom. The fourth-order valence-electron chi connectivity index (χ4n) is 4.00. The van der Waals surface area contributed by atoms with E-state index >= 15 is 0 Å². The van der Waals surface area contributed by atoms with Gasteiger partial charge >= 0.3 is 6.61 Å². The number of carbonyl (C=O) groups excluding carboxylic acids is 1. The van der Waals surface area contributed by atoms with Gasteiger partial charge in [-0.3, -0.25) is 4.79 Å². The van der Waals surface area contributed by atoms with E-state index in [9.17, 15) is 13.6 Å². The lowest BCUT2D eigenvalue weighted by atomic mass is 9.87. The van der Waals surface area contributed by atoms with Crippen LogP contribution in [0.3, 0.4) is 0 Å². The molecule has 2 aromatic carbocycles. The van der Waals surface area contributed by atoms with Crippen molar-refractivity contribution in [3.8, 4) is 11.5 Å². The molecule has 2 aromatic rings. The molecular formula is C23H29F2N3O3. The van der Waals surface area contributed by atoms with E-state index in [1.807, 2.05) is 19.9 Å². The molecule has 1 saturated heterocycles. The zero-order valence-electron chi connectivity index (χ0n) is 18.3. The van der Waals surface area contributed by atoms with E-state index in [2.05, 4.69) is 27.7 Å². The summed E-state index contributed by atoms with van der Waals surface area (Å²) in [6, 6.07) is 8.85. The first-order valence-corrected chi connectivity index (χ1v) is 10.2. The summed E-state index contributed by atoms with van der Waals surface area (Å²) in [6.45, 7) is 4.55. The number of amides is 1. The van der Waals surface area contributed by atoms with Crippen molar-refractivity contribution in [2.75, 3.05) is 45.2 Å². The number of likely N-dealkylation sites (N-methyl/N-ethyl adjacent to an activating group) is 1. The Balaban J connectivity index is 2.01. The van der Waals surface area contributed by atoms with Crippen LogP contribution in [0.4, 0.5) is 14.5 Å². The van der Waals surface area contributed by atoms with Crippen molar-refractivity contribution in [2.45, 2.75) is 26.4 Å². The van der Waals surface area contributed by atoms with Crippen LogP contribution in [0.2, 0.25) is 0 Å². The van der Waals surface area contributed by atoms with E-state index in [1.54, 1.807) is 12.1 Å². The fraction of sp³-hybridized carbons (Fsp3) is 0.435. The van der Waals surface area contributed by atoms with Gasteiger partial charge in [0.15, 0.2) is 11.5 Å². The number of rotatable bonds is 7. The first kappa shape index (κ1) is 22.8. The van der Waals surface area contributed by atoms with E-state index in [-0.39, 0.29) is 17.4 Å². The number of hydrogen-bond donors (Lipinski definition) is 1. The van der Waals surface area contributed by atoms with Crippen molar-refractivity contribution in [1.29, 1.82) is 0 Å². The van der Waals surface area contributed by atoms with Gasteiger partial charge in [-0.1, -0.05) is 13.0 Å². The highest BCUT2D eigenvalue weighted by molar-refractivity contribution is 5.96. The minimum Gasteiger partial charge on any atom is -0.493 e. The van der Waals surface area contributed by atoms with Gasteiger partial charge in [0.05, 0.1) is 7.11 Å². The first-order chi connectivity index (χ1) is 14.7. The lowest BCUT2D eigenvalue weighted by Gasteiger charge is -2.35. The zero-order chi connectivity index (χ0) is 22.7. The van der Waals surface area contributed by atoms with Crippen LogP contribution in [0.1, 0.15) is 39.9 Å². The maximum atomic E-state index is 12.7. The summed E-state index contributed by atoms with van der Waals surface area (Å²) in [7, 11) is 3.50. The quantitative estimate of drug-likeness (QED) is 0.723. The highest BCUT2D eigenvalue weighted by Crippen LogP contribution is 2.37. The zero-order valence-corrected chi connectivity index (χ0v) is 18.3. The highest BCUT2D eigenvalue weighted by atomic mass is 19.3. The number of hydrogen-bond acceptors (Lipinski definition) is 5. The van der Waals surface area contributed by atoms with Gasteiger partial charge in [0.2, 0.25) is 5.91 Å². The van der Waals surface area contributed by atoms with Gasteiger partial charge in [-0.15, -0.1) is 0 Å². The van der Waals surface area contributed by atoms with Crippen molar-refractivity contribution in [2.24, 2.45) is 5.73 Å². The topological polar surface area (TPSA) is 68.0 Å². The van der Waals surface area contributed by atoms with Crippen molar-refractivity contribution >= 4 is 11.6 Å². The number of nitrogens with two attached hydrogens (primary N) is 1. The molecule has 1 amide bonds. The van der Waals surface area contributed by atoms with Crippen LogP contribution < -0.4 is 20.1 Å². The average Bonchev–Trinajstić information content (AvgIpc) is 2.73. The number of benzene rings is 2. The molecule has 1 heterocycles. The fourth-order valence-corrected chi connectivity index (χ4v) is 4.00. The summed E-state index contributed by atoms with van der Waals surface area (Å²) in [5.41, 5.74) is 9.75. The normalized spacial score (nSPS) is 15.8. The van der Waals surface area contributed by atoms with E-state index in [0.717, 1.165) is 48.6 Å². The second-order valence-corrected chi connectivity index (χ2v) is 7.87. The van der Waals surface area contributed by atoms with Gasteiger partial charge in [-0.25, -0.2) is 0 Å². The summed E-state index contributed by atoms with van der Waals surface area (Å²) in [6.07, 6.45) is 0. The van der Waals surface area contributed by atoms with Crippen LogP contribution in [0.15, 0.2) is 30.3 Å². The van der Waals surface area contributed by atoms with Crippen molar-refractivity contribution < 1.29 is 23.0 Å². The Morgan fingerprint density at radius 1 is 1.10 bits per heavy atom. The smallest absolute Gasteiger partial charge is 0.387 e. The SMILES string of the molecule is COc1cc([C@@H](C)c2cc(N3CCN(C)CC3)cc(C(N)=O)c2C)ccc1OC(F)F. The molecular weight excluding hydrogens is 404 g/mol. The molecule has 168 valence electrons. The van der Waals surface area contributed by atoms with Gasteiger partial charge in [0, 0.05) is 43.3 Å². The molecule has 0 bridgehead atoms. The number of halogens is 2. The monoisotopic (exact) mass is 433 g/mol. The van der Waals surface area contributed by atoms with Crippen LogP contribution in [-0.2, 0) is 0 Å². The van der Waals surface area contributed by atoms with Crippen LogP contribution in [0.25, 0.3) is 0 Å². The molecule has 1 aliphatic rings. The predicted molar refractivity (Wildman–Crippen MR) is 117 cm³/mol. The van der Waals surface area contributed by atoms with Crippen LogP contribution in [-0.4, -0.2) is 57.8 Å². The third-order valence-electron chi connectivity index (χ3n) is 5.94. The number of ether oxygens (including phenoxy) is 2. The third kappa shape index (κ3) is 5.07. The minimum absolute atomic E-state index is 0.0193. The third-order valence-corrected chi connectivity index (χ3v) is 5.94. The molecule has 8 heteroatoms. The Hall–Kier alpha value is -2.87. The van der Waals surface area contributed by atoms with E-state index in [4.69, 9.17) is 10.5 Å². The standard InChI is InChI=1S/C23H29F2N3O3/c1-14(16-5-6-20(31-23(24)25)21(11-16)30-4)18-12-17(13-19(15(18)2)22(26)29)28-9-7-27(3)8-10-28/h5-6,11-14,23H,7-10H2,1-4H3,(H2,26,29)/t14-/m1/s1. The summed E-state index contributed by atoms with van der Waals surface area (Å²) in [5, 5.41) is 0. The van der Waals surface area contributed by atoms with Crippen LogP contribution in [0.5, 0.6) is 11.5 Å². The number of methoxy groups -OCH3 is 1. The number of anilines is 1. The second kappa shape index (κ2) is 9.51. The molecule has 31 heavy (non-hydrogen) atoms. The van der Waals surface area contributed by atoms with Crippen LogP contribution in [0, 0.1) is 6.92 Å². The highest BCUT2D eigenvalue weighted by Gasteiger charge is 2.22. The van der Waals surface area contributed by atoms with Gasteiger partial charge in [0.1, 0.15) is 0 Å². The Bertz CT molecular complexity index is 944. The Kier molecular flexibility index (Phi) is 7.00. The lowest BCUT2D eigenvalue weighted by molar-refractivity contribution is -0.0512. The molecule has 1 fully saturated rings. The maximum Gasteiger partial charge on any atom is 0.387 e. The molecule has 0 aliphatic carbocycles. The maximum absolute atomic E-state index is 12.7. The lowest BCUT2D eigenvalue weighted by Crippen LogP contribution is -2.44. The summed E-state index contributed by atoms with van der Waals surface area (Å²) in [5.74, 6) is -0.387. The van der Waals surface area contributed by atoms with E-state index < -0.39 is 12.5 Å². The average molecular weight is 433 g/mol. The largest absolute Gasteiger partial charge is 0.493 e. The molecule has 2 N–H and O–H groups in total. The van der Waals surface area contributed by atoms with Gasteiger partial charge < -0.3 is 25.0 Å².